The molecule has 0 amide bonds. The van der Waals surface area contributed by atoms with Gasteiger partial charge in [0.25, 0.3) is 0 Å². The zero-order chi connectivity index (χ0) is 29.1. The van der Waals surface area contributed by atoms with Crippen LogP contribution in [0.5, 0.6) is 0 Å². The lowest BCUT2D eigenvalue weighted by molar-refractivity contribution is 0.253. The van der Waals surface area contributed by atoms with Crippen LogP contribution in [0.1, 0.15) is 0 Å². The van der Waals surface area contributed by atoms with Crippen LogP contribution >= 0.6 is 0 Å². The summed E-state index contributed by atoms with van der Waals surface area (Å²) in [5.41, 5.74) is 0. The molecule has 0 fully saturated rings. The van der Waals surface area contributed by atoms with E-state index in [2.05, 4.69) is 130 Å². The summed E-state index contributed by atoms with van der Waals surface area (Å²) in [4.78, 5) is 0. The van der Waals surface area contributed by atoms with E-state index in [9.17, 15) is 0 Å². The van der Waals surface area contributed by atoms with E-state index in [0.29, 0.717) is 12.1 Å². The number of allylic oxidation sites excluding steroid dienone is 2. The van der Waals surface area contributed by atoms with E-state index in [1.165, 1.54) is 0 Å². The van der Waals surface area contributed by atoms with Gasteiger partial charge in [0.2, 0.25) is 0 Å². The molecule has 0 spiro atoms. The molecule has 0 saturated carbocycles. The Hall–Kier alpha value is 1.24. The van der Waals surface area contributed by atoms with Crippen molar-refractivity contribution in [3.05, 3.63) is 12.2 Å². The van der Waals surface area contributed by atoms with Crippen LogP contribution in [-0.4, -0.2) is 67.5 Å². The highest BCUT2D eigenvalue weighted by molar-refractivity contribution is 6.91. The lowest BCUT2D eigenvalue weighted by Gasteiger charge is -2.43. The number of hydrogen-bond acceptors (Lipinski definition) is 6. The van der Waals surface area contributed by atoms with E-state index in [1.54, 1.807) is 0 Å². The molecule has 0 saturated heterocycles. The third-order valence-electron chi connectivity index (χ3n) is 3.67. The molecule has 0 bridgehead atoms. The Morgan fingerprint density at radius 1 is 0.306 bits per heavy atom. The molecular weight excluding hydrogens is 585 g/mol. The highest BCUT2D eigenvalue weighted by Gasteiger charge is 2.51. The average molecular weight is 645 g/mol. The Kier molecular flexibility index (Phi) is 13.3. The zero-order valence-electron chi connectivity index (χ0n) is 27.0. The third-order valence-corrected chi connectivity index (χ3v) is 27.3. The van der Waals surface area contributed by atoms with Crippen molar-refractivity contribution >= 4 is 67.5 Å². The van der Waals surface area contributed by atoms with E-state index in [0.717, 1.165) is 0 Å². The van der Waals surface area contributed by atoms with Crippen molar-refractivity contribution in [1.29, 1.82) is 0 Å². The van der Waals surface area contributed by atoms with Gasteiger partial charge in [0, 0.05) is 12.1 Å². The van der Waals surface area contributed by atoms with Crippen LogP contribution < -0.4 is 0 Å². The first-order chi connectivity index (χ1) is 15.4. The SMILES string of the molecule is C[Si](C)(C)O[Si](C/C=C/C[Si](O[Si](C)(C)C)(O[Si](C)(C)C)O[Si](C)(C)C)(O[Si](C)(C)C)O[Si](C)(C)C. The van der Waals surface area contributed by atoms with Gasteiger partial charge >= 0.3 is 17.6 Å². The summed E-state index contributed by atoms with van der Waals surface area (Å²) in [6.07, 6.45) is 4.42. The Labute approximate surface area is 233 Å². The first-order valence-corrected chi connectivity index (χ1v) is 37.6. The van der Waals surface area contributed by atoms with Crippen LogP contribution in [0.25, 0.3) is 0 Å². The van der Waals surface area contributed by atoms with Crippen molar-refractivity contribution in [2.45, 2.75) is 130 Å². The minimum atomic E-state index is -2.92. The smallest absolute Gasteiger partial charge is 0.417 e. The number of hydrogen-bond donors (Lipinski definition) is 0. The summed E-state index contributed by atoms with van der Waals surface area (Å²) < 4.78 is 41.0. The second-order valence-electron chi connectivity index (χ2n) is 15.5. The first kappa shape index (κ1) is 37.2. The summed E-state index contributed by atoms with van der Waals surface area (Å²) in [5, 5.41) is 0. The lowest BCUT2D eigenvalue weighted by Crippen LogP contribution is -2.60. The van der Waals surface area contributed by atoms with Gasteiger partial charge in [-0.15, -0.1) is 0 Å². The fourth-order valence-electron chi connectivity index (χ4n) is 3.63. The highest BCUT2D eigenvalue weighted by atomic mass is 28.5. The van der Waals surface area contributed by atoms with E-state index in [1.807, 2.05) is 0 Å². The highest BCUT2D eigenvalue weighted by Crippen LogP contribution is 2.32. The molecule has 0 aliphatic rings. The van der Waals surface area contributed by atoms with Gasteiger partial charge in [-0.3, -0.25) is 0 Å². The molecule has 36 heavy (non-hydrogen) atoms. The van der Waals surface area contributed by atoms with Gasteiger partial charge in [0.1, 0.15) is 0 Å². The van der Waals surface area contributed by atoms with Crippen molar-refractivity contribution in [3.63, 3.8) is 0 Å². The molecule has 0 aromatic heterocycles. The van der Waals surface area contributed by atoms with Gasteiger partial charge in [-0.05, 0) is 118 Å². The molecule has 0 aromatic rings. The molecule has 216 valence electrons. The monoisotopic (exact) mass is 644 g/mol. The molecule has 0 N–H and O–H groups in total. The minimum absolute atomic E-state index is 0.670. The molecule has 0 unspecified atom stereocenters. The first-order valence-electron chi connectivity index (χ1n) is 13.3. The normalized spacial score (nSPS) is 15.7. The van der Waals surface area contributed by atoms with Gasteiger partial charge < -0.3 is 24.7 Å². The standard InChI is InChI=1S/C22H60O6Si8/c1-29(2,3)23-35(24-30(4,5)6,25-31(7,8)9)21-19-20-22-36(26-32(10,11)12,27-33(13,14)15)28-34(16,17)18/h19-20H,21-22H2,1-18H3/b20-19+. The van der Waals surface area contributed by atoms with E-state index in [4.69, 9.17) is 24.7 Å². The summed E-state index contributed by atoms with van der Waals surface area (Å²) in [5.74, 6) is 0. The van der Waals surface area contributed by atoms with Crippen LogP contribution in [-0.2, 0) is 24.7 Å². The van der Waals surface area contributed by atoms with Gasteiger partial charge in [-0.2, -0.15) is 0 Å². The molecule has 0 aliphatic heterocycles. The van der Waals surface area contributed by atoms with E-state index in [-0.39, 0.29) is 0 Å². The minimum Gasteiger partial charge on any atom is -0.417 e. The van der Waals surface area contributed by atoms with Gasteiger partial charge in [-0.25, -0.2) is 0 Å². The summed E-state index contributed by atoms with van der Waals surface area (Å²) in [6.45, 7) is 40.1. The second-order valence-corrected chi connectivity index (χ2v) is 49.3. The Morgan fingerprint density at radius 3 is 0.556 bits per heavy atom. The van der Waals surface area contributed by atoms with Crippen molar-refractivity contribution in [2.75, 3.05) is 0 Å². The fourth-order valence-corrected chi connectivity index (χ4v) is 32.2. The fraction of sp³-hybridized carbons (Fsp3) is 0.909. The van der Waals surface area contributed by atoms with Gasteiger partial charge in [0.15, 0.2) is 49.9 Å². The maximum absolute atomic E-state index is 6.84. The maximum atomic E-state index is 6.84. The van der Waals surface area contributed by atoms with Crippen LogP contribution in [0.2, 0.25) is 130 Å². The molecule has 14 heteroatoms. The maximum Gasteiger partial charge on any atom is 0.473 e. The van der Waals surface area contributed by atoms with Crippen molar-refractivity contribution < 1.29 is 24.7 Å². The van der Waals surface area contributed by atoms with Crippen LogP contribution in [0.15, 0.2) is 12.2 Å². The largest absolute Gasteiger partial charge is 0.473 e. The Balaban J connectivity index is 6.36. The summed E-state index contributed by atoms with van der Waals surface area (Å²) in [6, 6.07) is 1.34. The van der Waals surface area contributed by atoms with Crippen LogP contribution in [0, 0.1) is 0 Å². The van der Waals surface area contributed by atoms with Crippen LogP contribution in [0.3, 0.4) is 0 Å². The molecule has 0 rings (SSSR count). The summed E-state index contributed by atoms with van der Waals surface area (Å²) in [7, 11) is -17.3. The Bertz CT molecular complexity index is 565. The van der Waals surface area contributed by atoms with Crippen molar-refractivity contribution in [3.8, 4) is 0 Å². The topological polar surface area (TPSA) is 55.4 Å². The molecule has 0 atom stereocenters. The molecular formula is C22H60O6Si8. The van der Waals surface area contributed by atoms with Gasteiger partial charge in [0.05, 0.1) is 0 Å². The van der Waals surface area contributed by atoms with Crippen molar-refractivity contribution in [2.24, 2.45) is 0 Å². The second kappa shape index (κ2) is 12.8. The van der Waals surface area contributed by atoms with Crippen molar-refractivity contribution in [1.82, 2.24) is 0 Å². The summed E-state index contributed by atoms with van der Waals surface area (Å²) >= 11 is 0. The lowest BCUT2D eigenvalue weighted by atomic mass is 10.6. The van der Waals surface area contributed by atoms with Gasteiger partial charge in [-0.1, -0.05) is 12.2 Å². The average Bonchev–Trinajstić information content (AvgIpc) is 2.40. The third kappa shape index (κ3) is 19.3. The molecule has 0 aliphatic carbocycles. The molecule has 0 radical (unpaired) electrons. The number of rotatable bonds is 16. The molecule has 0 heterocycles. The van der Waals surface area contributed by atoms with E-state index < -0.39 is 67.5 Å². The quantitative estimate of drug-likeness (QED) is 0.124. The molecule has 6 nitrogen and oxygen atoms in total. The molecule has 0 aromatic carbocycles. The Morgan fingerprint density at radius 2 is 0.444 bits per heavy atom. The van der Waals surface area contributed by atoms with E-state index >= 15 is 0 Å². The van der Waals surface area contributed by atoms with Crippen LogP contribution in [0.4, 0.5) is 0 Å². The zero-order valence-corrected chi connectivity index (χ0v) is 35.0. The predicted octanol–water partition coefficient (Wildman–Crippen LogP) is 8.53. The predicted molar refractivity (Wildman–Crippen MR) is 177 cm³/mol.